The van der Waals surface area contributed by atoms with Gasteiger partial charge in [-0.15, -0.1) is 11.3 Å². The molecule has 6 nitrogen and oxygen atoms in total. The Labute approximate surface area is 175 Å². The van der Waals surface area contributed by atoms with E-state index in [2.05, 4.69) is 18.4 Å². The normalized spacial score (nSPS) is 20.8. The van der Waals surface area contributed by atoms with Crippen LogP contribution in [-0.4, -0.2) is 43.2 Å². The molecule has 0 unspecified atom stereocenters. The fraction of sp³-hybridized carbons (Fsp3) is 0.429. The first kappa shape index (κ1) is 20.1. The lowest BCUT2D eigenvalue weighted by molar-refractivity contribution is -0.139. The fourth-order valence-electron chi connectivity index (χ4n) is 4.31. The number of thiophene rings is 1. The van der Waals surface area contributed by atoms with Crippen LogP contribution in [0.1, 0.15) is 41.8 Å². The van der Waals surface area contributed by atoms with Gasteiger partial charge in [0.05, 0.1) is 16.5 Å². The Morgan fingerprint density at radius 1 is 1.17 bits per heavy atom. The molecule has 2 aromatic rings. The van der Waals surface area contributed by atoms with Gasteiger partial charge < -0.3 is 4.90 Å². The number of rotatable bonds is 3. The van der Waals surface area contributed by atoms with Crippen LogP contribution in [0.5, 0.6) is 0 Å². The molecule has 2 aliphatic heterocycles. The van der Waals surface area contributed by atoms with Crippen LogP contribution in [0.15, 0.2) is 40.6 Å². The van der Waals surface area contributed by atoms with Crippen molar-refractivity contribution in [3.05, 3.63) is 51.7 Å². The first-order chi connectivity index (χ1) is 13.9. The highest BCUT2D eigenvalue weighted by atomic mass is 32.2. The summed E-state index contributed by atoms with van der Waals surface area (Å²) in [6.45, 7) is 3.39. The molecule has 2 aliphatic rings. The molecule has 1 aromatic carbocycles. The van der Waals surface area contributed by atoms with E-state index in [1.165, 1.54) is 26.9 Å². The summed E-state index contributed by atoms with van der Waals surface area (Å²) in [5.74, 6) is -0.0286. The molecule has 1 fully saturated rings. The van der Waals surface area contributed by atoms with E-state index in [1.54, 1.807) is 23.5 Å². The summed E-state index contributed by atoms with van der Waals surface area (Å²) in [6, 6.07) is 10.4. The molecule has 0 N–H and O–H groups in total. The van der Waals surface area contributed by atoms with Crippen LogP contribution in [0.25, 0.3) is 0 Å². The third-order valence-corrected chi connectivity index (χ3v) is 8.94. The Kier molecular flexibility index (Phi) is 5.47. The average molecular weight is 430 g/mol. The number of piperidine rings is 1. The SMILES string of the molecule is C[C@H]1c2ccsc2CCN1C(=O)C1CCN(S(=O)(=O)c2ccccc2C#N)CC1. The van der Waals surface area contributed by atoms with Crippen molar-refractivity contribution in [2.45, 2.75) is 37.1 Å². The maximum atomic E-state index is 13.1. The summed E-state index contributed by atoms with van der Waals surface area (Å²) in [6.07, 6.45) is 1.90. The molecule has 4 rings (SSSR count). The number of sulfonamides is 1. The number of hydrogen-bond donors (Lipinski definition) is 0. The minimum absolute atomic E-state index is 0.0434. The molecular formula is C21H23N3O3S2. The Morgan fingerprint density at radius 3 is 2.62 bits per heavy atom. The van der Waals surface area contributed by atoms with Crippen molar-refractivity contribution >= 4 is 27.3 Å². The minimum Gasteiger partial charge on any atom is -0.335 e. The number of hydrogen-bond acceptors (Lipinski definition) is 5. The number of carbonyl (C=O) groups is 1. The molecule has 29 heavy (non-hydrogen) atoms. The van der Waals surface area contributed by atoms with Gasteiger partial charge in [0.25, 0.3) is 0 Å². The molecular weight excluding hydrogens is 406 g/mol. The lowest BCUT2D eigenvalue weighted by atomic mass is 9.93. The van der Waals surface area contributed by atoms with Crippen molar-refractivity contribution in [3.63, 3.8) is 0 Å². The molecule has 1 atom stereocenters. The number of amides is 1. The van der Waals surface area contributed by atoms with E-state index in [1.807, 2.05) is 11.0 Å². The molecule has 152 valence electrons. The van der Waals surface area contributed by atoms with Crippen LogP contribution < -0.4 is 0 Å². The first-order valence-corrected chi connectivity index (χ1v) is 12.1. The zero-order chi connectivity index (χ0) is 20.6. The summed E-state index contributed by atoms with van der Waals surface area (Å²) in [5, 5.41) is 11.3. The molecule has 3 heterocycles. The van der Waals surface area contributed by atoms with E-state index in [0.29, 0.717) is 25.9 Å². The minimum atomic E-state index is -3.73. The molecule has 0 bridgehead atoms. The van der Waals surface area contributed by atoms with E-state index in [0.717, 1.165) is 13.0 Å². The monoisotopic (exact) mass is 429 g/mol. The van der Waals surface area contributed by atoms with Crippen LogP contribution in [0, 0.1) is 17.2 Å². The van der Waals surface area contributed by atoms with Crippen molar-refractivity contribution in [2.75, 3.05) is 19.6 Å². The van der Waals surface area contributed by atoms with Gasteiger partial charge >= 0.3 is 0 Å². The van der Waals surface area contributed by atoms with Crippen molar-refractivity contribution < 1.29 is 13.2 Å². The number of fused-ring (bicyclic) bond motifs is 1. The van der Waals surface area contributed by atoms with E-state index < -0.39 is 10.0 Å². The van der Waals surface area contributed by atoms with Crippen molar-refractivity contribution in [1.82, 2.24) is 9.21 Å². The van der Waals surface area contributed by atoms with Crippen LogP contribution in [-0.2, 0) is 21.2 Å². The summed E-state index contributed by atoms with van der Waals surface area (Å²) < 4.78 is 27.4. The highest BCUT2D eigenvalue weighted by Gasteiger charge is 2.37. The highest BCUT2D eigenvalue weighted by Crippen LogP contribution is 2.35. The molecule has 8 heteroatoms. The van der Waals surface area contributed by atoms with E-state index >= 15 is 0 Å². The lowest BCUT2D eigenvalue weighted by Gasteiger charge is -2.38. The molecule has 1 saturated heterocycles. The zero-order valence-corrected chi connectivity index (χ0v) is 17.9. The second-order valence-corrected chi connectivity index (χ2v) is 10.5. The molecule has 0 radical (unpaired) electrons. The summed E-state index contributed by atoms with van der Waals surface area (Å²) in [5.41, 5.74) is 1.39. The Bertz CT molecular complexity index is 1060. The Hall–Kier alpha value is -2.21. The summed E-state index contributed by atoms with van der Waals surface area (Å²) in [7, 11) is -3.73. The van der Waals surface area contributed by atoms with Crippen molar-refractivity contribution in [1.29, 1.82) is 5.26 Å². The average Bonchev–Trinajstić information content (AvgIpc) is 3.23. The van der Waals surface area contributed by atoms with Gasteiger partial charge in [0, 0.05) is 30.4 Å². The van der Waals surface area contributed by atoms with Gasteiger partial charge in [0.2, 0.25) is 15.9 Å². The van der Waals surface area contributed by atoms with Crippen molar-refractivity contribution in [3.8, 4) is 6.07 Å². The van der Waals surface area contributed by atoms with Gasteiger partial charge in [-0.05, 0) is 55.3 Å². The Balaban J connectivity index is 1.45. The maximum Gasteiger partial charge on any atom is 0.244 e. The molecule has 1 aromatic heterocycles. The van der Waals surface area contributed by atoms with Crippen LogP contribution >= 0.6 is 11.3 Å². The first-order valence-electron chi connectivity index (χ1n) is 9.79. The predicted octanol–water partition coefficient (Wildman–Crippen LogP) is 3.17. The van der Waals surface area contributed by atoms with E-state index in [-0.39, 0.29) is 28.3 Å². The highest BCUT2D eigenvalue weighted by molar-refractivity contribution is 7.89. The summed E-state index contributed by atoms with van der Waals surface area (Å²) >= 11 is 1.75. The third kappa shape index (κ3) is 3.59. The quantitative estimate of drug-likeness (QED) is 0.750. The summed E-state index contributed by atoms with van der Waals surface area (Å²) in [4.78, 5) is 16.5. The van der Waals surface area contributed by atoms with E-state index in [4.69, 9.17) is 0 Å². The Morgan fingerprint density at radius 2 is 1.90 bits per heavy atom. The number of nitrogens with zero attached hydrogens (tertiary/aromatic N) is 3. The zero-order valence-electron chi connectivity index (χ0n) is 16.2. The van der Waals surface area contributed by atoms with Gasteiger partial charge in [-0.2, -0.15) is 9.57 Å². The topological polar surface area (TPSA) is 81.5 Å². The molecule has 1 amide bonds. The predicted molar refractivity (Wildman–Crippen MR) is 111 cm³/mol. The third-order valence-electron chi connectivity index (χ3n) is 5.99. The lowest BCUT2D eigenvalue weighted by Crippen LogP contribution is -2.46. The second kappa shape index (κ2) is 7.90. The smallest absolute Gasteiger partial charge is 0.244 e. The van der Waals surface area contributed by atoms with Gasteiger partial charge in [-0.25, -0.2) is 8.42 Å². The number of benzene rings is 1. The van der Waals surface area contributed by atoms with Crippen LogP contribution in [0.4, 0.5) is 0 Å². The fourth-order valence-corrected chi connectivity index (χ4v) is 6.89. The number of nitriles is 1. The standard InChI is InChI=1S/C21H23N3O3S2/c1-15-18-9-13-28-19(18)8-12-24(15)21(25)16-6-10-23(11-7-16)29(26,27)20-5-3-2-4-17(20)14-22/h2-5,9,13,15-16H,6-8,10-12H2,1H3/t15-/m0/s1. The van der Waals surface area contributed by atoms with Gasteiger partial charge in [-0.3, -0.25) is 4.79 Å². The van der Waals surface area contributed by atoms with Crippen molar-refractivity contribution in [2.24, 2.45) is 5.92 Å². The van der Waals surface area contributed by atoms with Gasteiger partial charge in [-0.1, -0.05) is 12.1 Å². The molecule has 0 aliphatic carbocycles. The van der Waals surface area contributed by atoms with Crippen LogP contribution in [0.2, 0.25) is 0 Å². The van der Waals surface area contributed by atoms with Crippen LogP contribution in [0.3, 0.4) is 0 Å². The molecule has 0 spiro atoms. The number of carbonyl (C=O) groups excluding carboxylic acids is 1. The largest absolute Gasteiger partial charge is 0.335 e. The maximum absolute atomic E-state index is 13.1. The van der Waals surface area contributed by atoms with E-state index in [9.17, 15) is 18.5 Å². The van der Waals surface area contributed by atoms with Gasteiger partial charge in [0.15, 0.2) is 0 Å². The molecule has 0 saturated carbocycles. The van der Waals surface area contributed by atoms with Gasteiger partial charge in [0.1, 0.15) is 6.07 Å². The second-order valence-electron chi connectivity index (χ2n) is 7.54.